The number of benzene rings is 1. The monoisotopic (exact) mass is 457 g/mol. The fourth-order valence-electron chi connectivity index (χ4n) is 3.28. The van der Waals surface area contributed by atoms with Gasteiger partial charge in [0.1, 0.15) is 23.1 Å². The predicted molar refractivity (Wildman–Crippen MR) is 113 cm³/mol. The molecule has 10 heteroatoms. The third-order valence-electron chi connectivity index (χ3n) is 4.82. The summed E-state index contributed by atoms with van der Waals surface area (Å²) in [4.78, 5) is 21.2. The Hall–Kier alpha value is -2.17. The van der Waals surface area contributed by atoms with Gasteiger partial charge in [0.15, 0.2) is 0 Å². The second-order valence-corrected chi connectivity index (χ2v) is 8.01. The van der Waals surface area contributed by atoms with E-state index in [-0.39, 0.29) is 12.5 Å². The van der Waals surface area contributed by atoms with Crippen molar-refractivity contribution in [3.05, 3.63) is 35.3 Å². The maximum absolute atomic E-state index is 12.8. The molecule has 0 aliphatic carbocycles. The van der Waals surface area contributed by atoms with Gasteiger partial charge in [0.25, 0.3) is 5.91 Å². The Kier molecular flexibility index (Phi) is 8.28. The minimum atomic E-state index is -4.28. The largest absolute Gasteiger partial charge is 0.494 e. The number of rotatable bonds is 9. The van der Waals surface area contributed by atoms with Crippen molar-refractivity contribution in [2.24, 2.45) is 0 Å². The normalized spacial score (nSPS) is 15.3. The highest BCUT2D eigenvalue weighted by Crippen LogP contribution is 2.26. The molecule has 1 amide bonds. The summed E-state index contributed by atoms with van der Waals surface area (Å²) in [5.41, 5.74) is 1.37. The van der Waals surface area contributed by atoms with E-state index in [0.29, 0.717) is 51.4 Å². The van der Waals surface area contributed by atoms with Crippen LogP contribution in [0.1, 0.15) is 23.8 Å². The number of amides is 1. The van der Waals surface area contributed by atoms with Crippen molar-refractivity contribution in [3.63, 3.8) is 0 Å². The molecule has 1 aromatic carbocycles. The van der Waals surface area contributed by atoms with Crippen molar-refractivity contribution >= 4 is 17.2 Å². The number of aromatic nitrogens is 1. The minimum Gasteiger partial charge on any atom is -0.494 e. The zero-order valence-corrected chi connectivity index (χ0v) is 18.2. The fourth-order valence-corrected chi connectivity index (χ4v) is 4.08. The first-order valence-electron chi connectivity index (χ1n) is 10.2. The van der Waals surface area contributed by atoms with E-state index in [9.17, 15) is 18.0 Å². The van der Waals surface area contributed by atoms with Crippen LogP contribution >= 0.6 is 11.3 Å². The quantitative estimate of drug-likeness (QED) is 0.534. The Bertz CT molecular complexity index is 834. The molecule has 0 spiro atoms. The third kappa shape index (κ3) is 7.19. The maximum Gasteiger partial charge on any atom is 0.411 e. The molecule has 1 saturated heterocycles. The molecule has 0 unspecified atom stereocenters. The molecule has 6 nitrogen and oxygen atoms in total. The number of piperazine rings is 1. The first kappa shape index (κ1) is 23.5. The fraction of sp³-hybridized carbons (Fsp3) is 0.524. The van der Waals surface area contributed by atoms with E-state index in [0.717, 1.165) is 16.3 Å². The smallest absolute Gasteiger partial charge is 0.411 e. The number of hydrogen-bond acceptors (Lipinski definition) is 6. The van der Waals surface area contributed by atoms with Crippen LogP contribution in [0.2, 0.25) is 0 Å². The topological polar surface area (TPSA) is 54.9 Å². The Balaban J connectivity index is 1.43. The number of carbonyl (C=O) groups is 1. The number of carbonyl (C=O) groups excluding carboxylic acids is 1. The van der Waals surface area contributed by atoms with Gasteiger partial charge in [-0.2, -0.15) is 13.2 Å². The van der Waals surface area contributed by atoms with Crippen LogP contribution in [0.5, 0.6) is 5.75 Å². The lowest BCUT2D eigenvalue weighted by atomic mass is 10.2. The van der Waals surface area contributed by atoms with Crippen molar-refractivity contribution in [3.8, 4) is 16.3 Å². The van der Waals surface area contributed by atoms with Crippen LogP contribution < -0.4 is 4.74 Å². The standard InChI is InChI=1S/C21H26F3N3O3S/c1-2-30-17-6-4-16(5-7-17)19-25-18(14-31-19)20(28)27-11-9-26(10-12-27)8-3-13-29-15-21(22,23)24/h4-7,14H,2-3,8-13,15H2,1H3. The van der Waals surface area contributed by atoms with E-state index in [1.807, 2.05) is 31.2 Å². The summed E-state index contributed by atoms with van der Waals surface area (Å²) < 4.78 is 46.2. The molecule has 0 N–H and O–H groups in total. The molecular formula is C21H26F3N3O3S. The number of hydrogen-bond donors (Lipinski definition) is 0. The van der Waals surface area contributed by atoms with Gasteiger partial charge in [-0.25, -0.2) is 4.98 Å². The molecule has 1 aromatic heterocycles. The average Bonchev–Trinajstić information content (AvgIpc) is 3.24. The summed E-state index contributed by atoms with van der Waals surface area (Å²) in [6, 6.07) is 7.62. The summed E-state index contributed by atoms with van der Waals surface area (Å²) >= 11 is 1.43. The summed E-state index contributed by atoms with van der Waals surface area (Å²) in [6.07, 6.45) is -3.75. The van der Waals surface area contributed by atoms with Gasteiger partial charge in [-0.1, -0.05) is 0 Å². The molecule has 170 valence electrons. The van der Waals surface area contributed by atoms with Gasteiger partial charge < -0.3 is 14.4 Å². The highest BCUT2D eigenvalue weighted by molar-refractivity contribution is 7.13. The molecule has 0 radical (unpaired) electrons. The van der Waals surface area contributed by atoms with Crippen LogP contribution in [0.15, 0.2) is 29.6 Å². The van der Waals surface area contributed by atoms with E-state index in [1.54, 1.807) is 10.3 Å². The molecule has 1 aliphatic rings. The van der Waals surface area contributed by atoms with Crippen LogP contribution in [-0.4, -0.2) is 79.4 Å². The van der Waals surface area contributed by atoms with E-state index in [2.05, 4.69) is 14.6 Å². The Morgan fingerprint density at radius 2 is 1.87 bits per heavy atom. The minimum absolute atomic E-state index is 0.0752. The van der Waals surface area contributed by atoms with Crippen LogP contribution in [-0.2, 0) is 4.74 Å². The van der Waals surface area contributed by atoms with Gasteiger partial charge in [0, 0.05) is 50.3 Å². The molecule has 1 aliphatic heterocycles. The lowest BCUT2D eigenvalue weighted by Crippen LogP contribution is -2.49. The van der Waals surface area contributed by atoms with Crippen molar-refractivity contribution < 1.29 is 27.4 Å². The zero-order valence-electron chi connectivity index (χ0n) is 17.4. The summed E-state index contributed by atoms with van der Waals surface area (Å²) in [6.45, 7) is 4.55. The van der Waals surface area contributed by atoms with Crippen LogP contribution in [0.3, 0.4) is 0 Å². The second-order valence-electron chi connectivity index (χ2n) is 7.15. The molecule has 0 bridgehead atoms. The number of ether oxygens (including phenoxy) is 2. The van der Waals surface area contributed by atoms with E-state index >= 15 is 0 Å². The first-order valence-corrected chi connectivity index (χ1v) is 11.1. The highest BCUT2D eigenvalue weighted by atomic mass is 32.1. The van der Waals surface area contributed by atoms with Crippen LogP contribution in [0.4, 0.5) is 13.2 Å². The number of nitrogens with zero attached hydrogens (tertiary/aromatic N) is 3. The summed E-state index contributed by atoms with van der Waals surface area (Å²) in [5, 5.41) is 2.56. The van der Waals surface area contributed by atoms with E-state index < -0.39 is 12.8 Å². The van der Waals surface area contributed by atoms with Crippen LogP contribution in [0, 0.1) is 0 Å². The lowest BCUT2D eigenvalue weighted by molar-refractivity contribution is -0.174. The molecule has 2 heterocycles. The molecule has 0 atom stereocenters. The Morgan fingerprint density at radius 1 is 1.16 bits per heavy atom. The number of alkyl halides is 3. The predicted octanol–water partition coefficient (Wildman–Crippen LogP) is 3.94. The molecular weight excluding hydrogens is 431 g/mol. The molecule has 0 saturated carbocycles. The van der Waals surface area contributed by atoms with Crippen molar-refractivity contribution in [1.29, 1.82) is 0 Å². The van der Waals surface area contributed by atoms with E-state index in [1.165, 1.54) is 11.3 Å². The SMILES string of the molecule is CCOc1ccc(-c2nc(C(=O)N3CCN(CCCOCC(F)(F)F)CC3)cs2)cc1. The van der Waals surface area contributed by atoms with Gasteiger partial charge in [-0.3, -0.25) is 9.69 Å². The van der Waals surface area contributed by atoms with Crippen molar-refractivity contribution in [2.45, 2.75) is 19.5 Å². The van der Waals surface area contributed by atoms with Crippen LogP contribution in [0.25, 0.3) is 10.6 Å². The van der Waals surface area contributed by atoms with Gasteiger partial charge >= 0.3 is 6.18 Å². The molecule has 1 fully saturated rings. The Morgan fingerprint density at radius 3 is 2.52 bits per heavy atom. The zero-order chi connectivity index (χ0) is 22.3. The first-order chi connectivity index (χ1) is 14.9. The molecule has 2 aromatic rings. The molecule has 31 heavy (non-hydrogen) atoms. The van der Waals surface area contributed by atoms with Gasteiger partial charge in [0.2, 0.25) is 0 Å². The average molecular weight is 458 g/mol. The highest BCUT2D eigenvalue weighted by Gasteiger charge is 2.27. The maximum atomic E-state index is 12.8. The van der Waals surface area contributed by atoms with Gasteiger partial charge in [-0.05, 0) is 37.6 Å². The third-order valence-corrected chi connectivity index (χ3v) is 5.72. The second kappa shape index (κ2) is 10.9. The number of halogens is 3. The molecule has 3 rings (SSSR count). The summed E-state index contributed by atoms with van der Waals surface area (Å²) in [7, 11) is 0. The van der Waals surface area contributed by atoms with E-state index in [4.69, 9.17) is 4.74 Å². The van der Waals surface area contributed by atoms with Gasteiger partial charge in [0.05, 0.1) is 6.61 Å². The number of thiazole rings is 1. The van der Waals surface area contributed by atoms with Gasteiger partial charge in [-0.15, -0.1) is 11.3 Å². The van der Waals surface area contributed by atoms with Crippen molar-refractivity contribution in [2.75, 3.05) is 52.5 Å². The Labute approximate surface area is 183 Å². The van der Waals surface area contributed by atoms with Crippen molar-refractivity contribution in [1.82, 2.24) is 14.8 Å². The lowest BCUT2D eigenvalue weighted by Gasteiger charge is -2.34. The summed E-state index contributed by atoms with van der Waals surface area (Å²) in [5.74, 6) is 0.700.